The summed E-state index contributed by atoms with van der Waals surface area (Å²) in [6.07, 6.45) is 12.4. The Hall–Kier alpha value is -6.90. The van der Waals surface area contributed by atoms with Crippen LogP contribution in [-0.4, -0.2) is 4.57 Å². The molecular weight excluding hydrogens is 821 g/mol. The maximum Gasteiger partial charge on any atom is 0.0545 e. The molecule has 0 amide bonds. The molecule has 68 heavy (non-hydrogen) atoms. The topological polar surface area (TPSA) is 8.17 Å². The highest BCUT2D eigenvalue weighted by Crippen LogP contribution is 2.54. The van der Waals surface area contributed by atoms with Crippen LogP contribution in [0.4, 0.5) is 17.1 Å². The zero-order valence-corrected chi connectivity index (χ0v) is 41.6. The molecule has 2 atom stereocenters. The lowest BCUT2D eigenvalue weighted by molar-refractivity contribution is 0.632. The second-order valence-corrected chi connectivity index (χ2v) is 19.5. The molecule has 7 aromatic carbocycles. The second kappa shape index (κ2) is 19.7. The van der Waals surface area contributed by atoms with E-state index >= 15 is 0 Å². The standard InChI is InChI=1S/C46H40N2.C20H28/c1-30-26-37-38-28-44-40(46(3,4)39-20-11-12-21-41(39)47(44)35-18-9-6-10-19-35)29-43(38)48(42(37)27-31(30)2)36-24-22-34(23-25-36)45(33-16-13-17-33)32-14-7-5-8-15-32;1-6-13-20(16(5)7-2)19(9-4)18(8-3)17-14-11-10-12-15-17/h5-12,14-15,18-29H,13,16-17H2,1-4H3;6,9-16,18H,4,7-8H2,1-3,5H3/b;13-6-,20-19-. The van der Waals surface area contributed by atoms with Gasteiger partial charge in [-0.25, -0.2) is 0 Å². The van der Waals surface area contributed by atoms with Gasteiger partial charge in [-0.15, -0.1) is 0 Å². The van der Waals surface area contributed by atoms with Crippen LogP contribution in [0.1, 0.15) is 119 Å². The van der Waals surface area contributed by atoms with Crippen molar-refractivity contribution in [3.05, 3.63) is 244 Å². The van der Waals surface area contributed by atoms with E-state index < -0.39 is 0 Å². The van der Waals surface area contributed by atoms with E-state index in [2.05, 4.69) is 253 Å². The van der Waals surface area contributed by atoms with E-state index in [9.17, 15) is 0 Å². The van der Waals surface area contributed by atoms with E-state index in [1.165, 1.54) is 119 Å². The van der Waals surface area contributed by atoms with Gasteiger partial charge in [0, 0.05) is 33.5 Å². The van der Waals surface area contributed by atoms with Gasteiger partial charge >= 0.3 is 0 Å². The third kappa shape index (κ3) is 8.51. The summed E-state index contributed by atoms with van der Waals surface area (Å²) < 4.78 is 2.50. The first-order chi connectivity index (χ1) is 33.1. The third-order valence-electron chi connectivity index (χ3n) is 15.1. The van der Waals surface area contributed by atoms with Gasteiger partial charge in [-0.2, -0.15) is 0 Å². The van der Waals surface area contributed by atoms with Crippen molar-refractivity contribution in [2.24, 2.45) is 5.92 Å². The normalized spacial score (nSPS) is 15.2. The summed E-state index contributed by atoms with van der Waals surface area (Å²) in [4.78, 5) is 2.47. The van der Waals surface area contributed by atoms with Gasteiger partial charge < -0.3 is 9.47 Å². The number of aryl methyl sites for hydroxylation is 2. The Bertz CT molecular complexity index is 3170. The average Bonchev–Trinajstić information content (AvgIpc) is 3.65. The first kappa shape index (κ1) is 46.2. The molecular formula is C66H68N2. The van der Waals surface area contributed by atoms with E-state index in [-0.39, 0.29) is 5.41 Å². The van der Waals surface area contributed by atoms with Crippen molar-refractivity contribution in [3.8, 4) is 5.69 Å². The van der Waals surface area contributed by atoms with Crippen LogP contribution in [0.25, 0.3) is 33.1 Å². The van der Waals surface area contributed by atoms with Gasteiger partial charge in [0.25, 0.3) is 0 Å². The number of fused-ring (bicyclic) bond motifs is 5. The molecule has 2 heterocycles. The van der Waals surface area contributed by atoms with Gasteiger partial charge in [0.2, 0.25) is 0 Å². The number of nitrogens with zero attached hydrogens (tertiary/aromatic N) is 2. The Morgan fingerprint density at radius 3 is 1.82 bits per heavy atom. The fourth-order valence-corrected chi connectivity index (χ4v) is 10.9. The first-order valence-corrected chi connectivity index (χ1v) is 25.1. The number of allylic oxidation sites excluding steroid dienone is 6. The molecule has 342 valence electrons. The molecule has 8 aromatic rings. The van der Waals surface area contributed by atoms with E-state index in [0.717, 1.165) is 12.8 Å². The lowest BCUT2D eigenvalue weighted by Crippen LogP contribution is -2.30. The lowest BCUT2D eigenvalue weighted by atomic mass is 9.73. The summed E-state index contributed by atoms with van der Waals surface area (Å²) in [5.41, 5.74) is 22.3. The molecule has 1 fully saturated rings. The molecule has 1 saturated carbocycles. The van der Waals surface area contributed by atoms with E-state index in [1.54, 1.807) is 5.57 Å². The third-order valence-corrected chi connectivity index (χ3v) is 15.1. The Balaban J connectivity index is 0.000000244. The Morgan fingerprint density at radius 2 is 1.21 bits per heavy atom. The summed E-state index contributed by atoms with van der Waals surface area (Å²) in [6, 6.07) is 60.6. The monoisotopic (exact) mass is 889 g/mol. The number of aromatic nitrogens is 1. The van der Waals surface area contributed by atoms with Crippen LogP contribution in [0.15, 0.2) is 205 Å². The average molecular weight is 889 g/mol. The molecule has 0 saturated heterocycles. The maximum absolute atomic E-state index is 4.08. The molecule has 0 radical (unpaired) electrons. The van der Waals surface area contributed by atoms with Crippen molar-refractivity contribution >= 4 is 44.4 Å². The van der Waals surface area contributed by atoms with Crippen LogP contribution in [0.2, 0.25) is 0 Å². The number of rotatable bonds is 11. The molecule has 0 spiro atoms. The highest BCUT2D eigenvalue weighted by molar-refractivity contribution is 6.12. The summed E-state index contributed by atoms with van der Waals surface area (Å²) in [5.74, 6) is 1.01. The van der Waals surface area contributed by atoms with Crippen LogP contribution in [-0.2, 0) is 5.41 Å². The highest BCUT2D eigenvalue weighted by Gasteiger charge is 2.38. The molecule has 2 heteroatoms. The van der Waals surface area contributed by atoms with Crippen LogP contribution in [0.3, 0.4) is 0 Å². The van der Waals surface area contributed by atoms with Crippen LogP contribution >= 0.6 is 0 Å². The quantitative estimate of drug-likeness (QED) is 0.118. The lowest BCUT2D eigenvalue weighted by Gasteiger charge is -2.42. The van der Waals surface area contributed by atoms with Crippen LogP contribution in [0, 0.1) is 19.8 Å². The molecule has 2 aliphatic rings. The van der Waals surface area contributed by atoms with Crippen molar-refractivity contribution in [2.45, 2.75) is 98.8 Å². The number of para-hydroxylation sites is 2. The van der Waals surface area contributed by atoms with E-state index in [0.29, 0.717) is 11.8 Å². The Kier molecular flexibility index (Phi) is 13.4. The van der Waals surface area contributed by atoms with Crippen molar-refractivity contribution in [3.63, 3.8) is 0 Å². The predicted octanol–water partition coefficient (Wildman–Crippen LogP) is 18.8. The van der Waals surface area contributed by atoms with Gasteiger partial charge in [0.1, 0.15) is 0 Å². The summed E-state index contributed by atoms with van der Waals surface area (Å²) in [7, 11) is 0. The zero-order valence-electron chi connectivity index (χ0n) is 41.6. The summed E-state index contributed by atoms with van der Waals surface area (Å²) in [5, 5.41) is 2.58. The van der Waals surface area contributed by atoms with Gasteiger partial charge in [0.05, 0.1) is 22.4 Å². The Labute approximate surface area is 406 Å². The Morgan fingerprint density at radius 1 is 0.618 bits per heavy atom. The fraction of sp³-hybridized carbons (Fsp3) is 0.242. The number of benzene rings is 7. The molecule has 10 rings (SSSR count). The van der Waals surface area contributed by atoms with Gasteiger partial charge in [-0.05, 0) is 169 Å². The van der Waals surface area contributed by atoms with Gasteiger partial charge in [-0.1, -0.05) is 174 Å². The summed E-state index contributed by atoms with van der Waals surface area (Å²) in [6.45, 7) is 22.2. The molecule has 0 N–H and O–H groups in total. The first-order valence-electron chi connectivity index (χ1n) is 25.1. The largest absolute Gasteiger partial charge is 0.310 e. The zero-order chi connectivity index (χ0) is 47.5. The van der Waals surface area contributed by atoms with Crippen LogP contribution < -0.4 is 4.90 Å². The van der Waals surface area contributed by atoms with Crippen molar-refractivity contribution in [2.75, 3.05) is 4.90 Å². The van der Waals surface area contributed by atoms with E-state index in [1.807, 2.05) is 0 Å². The summed E-state index contributed by atoms with van der Waals surface area (Å²) >= 11 is 0. The molecule has 0 bridgehead atoms. The van der Waals surface area contributed by atoms with Gasteiger partial charge in [-0.3, -0.25) is 0 Å². The van der Waals surface area contributed by atoms with Crippen LogP contribution in [0.5, 0.6) is 0 Å². The molecule has 2 nitrogen and oxygen atoms in total. The SMILES string of the molecule is C=C/C(=C(\C=C/C)C(C)CC)C(CC)c1ccccc1.Cc1cc2c3cc4c(cc3n(-c3ccc(C(=C5CCC5)c5ccccc5)cc3)c2cc1C)C(C)(C)c1ccccc1N4c1ccccc1. The molecule has 1 aromatic heterocycles. The van der Waals surface area contributed by atoms with Gasteiger partial charge in [0.15, 0.2) is 0 Å². The van der Waals surface area contributed by atoms with Crippen molar-refractivity contribution < 1.29 is 0 Å². The fourth-order valence-electron chi connectivity index (χ4n) is 10.9. The maximum atomic E-state index is 4.08. The second-order valence-electron chi connectivity index (χ2n) is 19.5. The minimum Gasteiger partial charge on any atom is -0.310 e. The predicted molar refractivity (Wildman–Crippen MR) is 294 cm³/mol. The van der Waals surface area contributed by atoms with Crippen molar-refractivity contribution in [1.29, 1.82) is 0 Å². The minimum absolute atomic E-state index is 0.179. The minimum atomic E-state index is -0.179. The van der Waals surface area contributed by atoms with E-state index in [4.69, 9.17) is 0 Å². The number of hydrogen-bond donors (Lipinski definition) is 0. The smallest absolute Gasteiger partial charge is 0.0545 e. The van der Waals surface area contributed by atoms with Crippen molar-refractivity contribution in [1.82, 2.24) is 4.57 Å². The molecule has 1 aliphatic heterocycles. The highest BCUT2D eigenvalue weighted by atomic mass is 15.2. The number of hydrogen-bond acceptors (Lipinski definition) is 1. The molecule has 1 aliphatic carbocycles. The number of anilines is 3. The molecule has 2 unspecified atom stereocenters.